The van der Waals surface area contributed by atoms with Crippen LogP contribution in [0.4, 0.5) is 0 Å². The number of hydrogen-bond donors (Lipinski definition) is 1. The maximum atomic E-state index is 13.5. The van der Waals surface area contributed by atoms with E-state index in [1.807, 2.05) is 56.7 Å². The molecule has 0 saturated carbocycles. The second-order valence-electron chi connectivity index (χ2n) is 11.9. The van der Waals surface area contributed by atoms with Gasteiger partial charge in [0.15, 0.2) is 11.5 Å². The fraction of sp³-hybridized carbons (Fsp3) is 0.414. The Morgan fingerprint density at radius 1 is 1.23 bits per heavy atom. The highest BCUT2D eigenvalue weighted by molar-refractivity contribution is 7.91. The Hall–Kier alpha value is -3.10. The number of nitrogens with one attached hydrogen (secondary N) is 1. The molecule has 8 nitrogen and oxygen atoms in total. The average Bonchev–Trinajstić information content (AvgIpc) is 3.49. The van der Waals surface area contributed by atoms with Crippen molar-refractivity contribution in [1.82, 2.24) is 14.5 Å². The molecule has 0 saturated heterocycles. The van der Waals surface area contributed by atoms with Crippen LogP contribution in [0.3, 0.4) is 0 Å². The number of ether oxygens (including phenoxy) is 2. The zero-order chi connectivity index (χ0) is 28.5. The number of rotatable bonds is 9. The second-order valence-corrected chi connectivity index (χ2v) is 19.4. The summed E-state index contributed by atoms with van der Waals surface area (Å²) in [4.78, 5) is 8.27. The molecule has 4 aromatic rings. The molecule has 0 spiro atoms. The Morgan fingerprint density at radius 3 is 2.62 bits per heavy atom. The third-order valence-corrected chi connectivity index (χ3v) is 9.57. The third-order valence-electron chi connectivity index (χ3n) is 6.47. The van der Waals surface area contributed by atoms with Gasteiger partial charge in [0.25, 0.3) is 0 Å². The zero-order valence-corrected chi connectivity index (χ0v) is 25.8. The molecule has 0 aliphatic rings. The number of imidazole rings is 1. The van der Waals surface area contributed by atoms with Crippen LogP contribution in [0.15, 0.2) is 40.9 Å². The van der Waals surface area contributed by atoms with Crippen molar-refractivity contribution in [3.8, 4) is 11.8 Å². The lowest BCUT2D eigenvalue weighted by Crippen LogP contribution is -2.28. The topological polar surface area (TPSA) is 111 Å². The summed E-state index contributed by atoms with van der Waals surface area (Å²) >= 11 is -1.59. The Morgan fingerprint density at radius 2 is 1.97 bits per heavy atom. The number of nitrogens with zero attached hydrogens (tertiary/aromatic N) is 4. The number of fused-ring (bicyclic) bond motifs is 2. The first-order valence-electron chi connectivity index (χ1n) is 13.0. The minimum absolute atomic E-state index is 0.244. The maximum absolute atomic E-state index is 13.5. The van der Waals surface area contributed by atoms with Gasteiger partial charge in [0.1, 0.15) is 28.6 Å². The fourth-order valence-electron chi connectivity index (χ4n) is 4.25. The normalized spacial score (nSPS) is 13.7. The van der Waals surface area contributed by atoms with Gasteiger partial charge in [-0.05, 0) is 69.6 Å². The Labute approximate surface area is 234 Å². The van der Waals surface area contributed by atoms with Crippen molar-refractivity contribution in [2.24, 2.45) is 4.40 Å². The summed E-state index contributed by atoms with van der Waals surface area (Å²) in [7, 11) is 0.335. The summed E-state index contributed by atoms with van der Waals surface area (Å²) in [6, 6.07) is 12.6. The van der Waals surface area contributed by atoms with Crippen molar-refractivity contribution in [3.63, 3.8) is 0 Å². The van der Waals surface area contributed by atoms with Gasteiger partial charge in [0.2, 0.25) is 0 Å². The molecular formula is C29H37N5O3SSi. The van der Waals surface area contributed by atoms with E-state index in [1.165, 1.54) is 0 Å². The average molecular weight is 564 g/mol. The van der Waals surface area contributed by atoms with Crippen LogP contribution in [-0.4, -0.2) is 51.3 Å². The smallest absolute Gasteiger partial charge is 0.168 e. The molecule has 0 bridgehead atoms. The minimum atomic E-state index is -1.59. The molecule has 10 heteroatoms. The number of aromatic amines is 1. The van der Waals surface area contributed by atoms with Gasteiger partial charge in [-0.25, -0.2) is 4.98 Å². The van der Waals surface area contributed by atoms with Crippen LogP contribution in [0, 0.1) is 18.3 Å². The van der Waals surface area contributed by atoms with E-state index in [4.69, 9.17) is 18.9 Å². The fourth-order valence-corrected chi connectivity index (χ4v) is 5.62. The van der Waals surface area contributed by atoms with E-state index in [-0.39, 0.29) is 6.73 Å². The Balaban J connectivity index is 1.99. The lowest BCUT2D eigenvalue weighted by molar-refractivity contribution is 0.0895. The number of hydrogen-bond acceptors (Lipinski definition) is 6. The molecule has 206 valence electrons. The SMILES string of the molecule is COc1cc(C)c2[nH]ccc2c1/C(=N\[S+]([O-])C(C)(C)C)c1nc2cc(C#N)ccc2n1COCC[Si](C)(C)C. The quantitative estimate of drug-likeness (QED) is 0.111. The number of H-pyrrole nitrogens is 1. The lowest BCUT2D eigenvalue weighted by atomic mass is 10.0. The second kappa shape index (κ2) is 11.2. The molecule has 0 amide bonds. The summed E-state index contributed by atoms with van der Waals surface area (Å²) < 4.78 is 31.8. The molecule has 0 aliphatic heterocycles. The van der Waals surface area contributed by atoms with Crippen LogP contribution in [0.2, 0.25) is 25.7 Å². The van der Waals surface area contributed by atoms with E-state index in [1.54, 1.807) is 19.2 Å². The van der Waals surface area contributed by atoms with Crippen molar-refractivity contribution in [3.05, 3.63) is 59.0 Å². The Bertz CT molecular complexity index is 1570. The third kappa shape index (κ3) is 6.22. The lowest BCUT2D eigenvalue weighted by Gasteiger charge is -2.21. The van der Waals surface area contributed by atoms with Crippen molar-refractivity contribution in [2.45, 2.75) is 64.9 Å². The van der Waals surface area contributed by atoms with E-state index in [0.29, 0.717) is 40.5 Å². The van der Waals surface area contributed by atoms with Gasteiger partial charge >= 0.3 is 0 Å². The highest BCUT2D eigenvalue weighted by Gasteiger charge is 2.32. The minimum Gasteiger partial charge on any atom is -0.591 e. The van der Waals surface area contributed by atoms with Gasteiger partial charge in [0, 0.05) is 31.8 Å². The molecule has 0 aliphatic carbocycles. The summed E-state index contributed by atoms with van der Waals surface area (Å²) in [6.45, 7) is 15.5. The predicted octanol–water partition coefficient (Wildman–Crippen LogP) is 6.32. The van der Waals surface area contributed by atoms with Gasteiger partial charge < -0.3 is 19.0 Å². The van der Waals surface area contributed by atoms with Crippen LogP contribution in [0.1, 0.15) is 43.3 Å². The van der Waals surface area contributed by atoms with Gasteiger partial charge in [-0.1, -0.05) is 24.0 Å². The highest BCUT2D eigenvalue weighted by Crippen LogP contribution is 2.35. The van der Waals surface area contributed by atoms with E-state index in [9.17, 15) is 9.81 Å². The van der Waals surface area contributed by atoms with Gasteiger partial charge in [-0.2, -0.15) is 5.26 Å². The van der Waals surface area contributed by atoms with Crippen molar-refractivity contribution < 1.29 is 14.0 Å². The molecule has 0 fully saturated rings. The first-order valence-corrected chi connectivity index (χ1v) is 17.8. The van der Waals surface area contributed by atoms with Gasteiger partial charge in [0.05, 0.1) is 35.3 Å². The first kappa shape index (κ1) is 28.9. The molecule has 1 N–H and O–H groups in total. The van der Waals surface area contributed by atoms with Crippen LogP contribution in [0.5, 0.6) is 5.75 Å². The molecular weight excluding hydrogens is 527 g/mol. The summed E-state index contributed by atoms with van der Waals surface area (Å²) in [6.07, 6.45) is 1.88. The number of benzene rings is 2. The molecule has 2 heterocycles. The van der Waals surface area contributed by atoms with E-state index >= 15 is 0 Å². The van der Waals surface area contributed by atoms with E-state index in [2.05, 4.69) is 30.7 Å². The van der Waals surface area contributed by atoms with Gasteiger partial charge in [-0.15, -0.1) is 0 Å². The monoisotopic (exact) mass is 563 g/mol. The summed E-state index contributed by atoms with van der Waals surface area (Å²) in [5.74, 6) is 1.12. The number of aromatic nitrogens is 3. The predicted molar refractivity (Wildman–Crippen MR) is 162 cm³/mol. The molecule has 4 rings (SSSR count). The van der Waals surface area contributed by atoms with Crippen molar-refractivity contribution in [1.29, 1.82) is 5.26 Å². The molecule has 0 radical (unpaired) electrons. The van der Waals surface area contributed by atoms with Crippen LogP contribution < -0.4 is 4.74 Å². The summed E-state index contributed by atoms with van der Waals surface area (Å²) in [5, 5.41) is 10.4. The van der Waals surface area contributed by atoms with Crippen molar-refractivity contribution in [2.75, 3.05) is 13.7 Å². The van der Waals surface area contributed by atoms with E-state index < -0.39 is 24.2 Å². The van der Waals surface area contributed by atoms with Crippen molar-refractivity contribution >= 4 is 47.1 Å². The largest absolute Gasteiger partial charge is 0.591 e. The number of aryl methyl sites for hydroxylation is 1. The number of methoxy groups -OCH3 is 1. The Kier molecular flexibility index (Phi) is 8.28. The molecule has 1 unspecified atom stereocenters. The molecule has 39 heavy (non-hydrogen) atoms. The van der Waals surface area contributed by atoms with Crippen LogP contribution in [-0.2, 0) is 22.8 Å². The van der Waals surface area contributed by atoms with Gasteiger partial charge in [-0.3, -0.25) is 4.57 Å². The molecule has 1 atom stereocenters. The van der Waals surface area contributed by atoms with E-state index in [0.717, 1.165) is 28.0 Å². The molecule has 2 aromatic carbocycles. The zero-order valence-electron chi connectivity index (χ0n) is 24.0. The first-order chi connectivity index (χ1) is 18.3. The maximum Gasteiger partial charge on any atom is 0.168 e. The summed E-state index contributed by atoms with van der Waals surface area (Å²) in [5.41, 5.74) is 5.08. The standard InChI is InChI=1S/C29H37N5O3SSi/c1-19-15-24(36-5)25(21-11-12-31-26(19)21)27(33-38(35)29(2,3)4)28-32-22-16-20(17-30)9-10-23(22)34(28)18-37-13-14-39(6,7)8/h9-12,15-16,31H,13-14,18H2,1-8H3/b33-27+. The highest BCUT2D eigenvalue weighted by atomic mass is 32.2. The number of nitriles is 1. The molecule has 2 aromatic heterocycles. The van der Waals surface area contributed by atoms with Crippen LogP contribution in [0.25, 0.3) is 21.9 Å². The van der Waals surface area contributed by atoms with Crippen LogP contribution >= 0.6 is 0 Å².